The molecule has 4 atom stereocenters. The van der Waals surface area contributed by atoms with Gasteiger partial charge in [0.25, 0.3) is 0 Å². The molecule has 2 heteroatoms. The van der Waals surface area contributed by atoms with Gasteiger partial charge in [0, 0.05) is 7.11 Å². The first kappa shape index (κ1) is 9.47. The summed E-state index contributed by atoms with van der Waals surface area (Å²) in [7, 11) is 1.71. The fourth-order valence-corrected chi connectivity index (χ4v) is 3.46. The van der Waals surface area contributed by atoms with Crippen molar-refractivity contribution in [2.45, 2.75) is 45.3 Å². The smallest absolute Gasteiger partial charge is 0.0913 e. The van der Waals surface area contributed by atoms with E-state index in [2.05, 4.69) is 13.8 Å². The van der Waals surface area contributed by atoms with Gasteiger partial charge in [-0.1, -0.05) is 13.8 Å². The molecule has 0 aliphatic heterocycles. The molecular formula is C11H20O2. The fraction of sp³-hybridized carbons (Fsp3) is 1.00. The standard InChI is InChI=1S/C11H20O2/c1-10(2)7-5-8(10)11(3,12)9(6-7)13-4/h7-9,12H,5-6H2,1-4H3/t7?,8?,9?,11-/m0/s1. The Hall–Kier alpha value is -0.0800. The van der Waals surface area contributed by atoms with Crippen molar-refractivity contribution < 1.29 is 9.84 Å². The second-order valence-corrected chi connectivity index (χ2v) is 5.49. The largest absolute Gasteiger partial charge is 0.387 e. The van der Waals surface area contributed by atoms with E-state index >= 15 is 0 Å². The van der Waals surface area contributed by atoms with Gasteiger partial charge in [0.1, 0.15) is 0 Å². The Balaban J connectivity index is 2.23. The second-order valence-electron chi connectivity index (χ2n) is 5.49. The molecule has 0 amide bonds. The molecule has 76 valence electrons. The highest BCUT2D eigenvalue weighted by atomic mass is 16.5. The van der Waals surface area contributed by atoms with Crippen LogP contribution in [0.2, 0.25) is 0 Å². The van der Waals surface area contributed by atoms with Gasteiger partial charge < -0.3 is 9.84 Å². The summed E-state index contributed by atoms with van der Waals surface area (Å²) in [6.45, 7) is 6.47. The average Bonchev–Trinajstić information content (AvgIpc) is 2.01. The third kappa shape index (κ3) is 1.02. The van der Waals surface area contributed by atoms with Crippen molar-refractivity contribution in [3.05, 3.63) is 0 Å². The number of hydrogen-bond donors (Lipinski definition) is 1. The Labute approximate surface area is 80.3 Å². The highest BCUT2D eigenvalue weighted by Crippen LogP contribution is 2.62. The highest BCUT2D eigenvalue weighted by molar-refractivity contribution is 5.12. The summed E-state index contributed by atoms with van der Waals surface area (Å²) in [5, 5.41) is 10.4. The molecule has 0 saturated heterocycles. The first-order valence-corrected chi connectivity index (χ1v) is 5.16. The number of aliphatic hydroxyl groups is 1. The molecule has 13 heavy (non-hydrogen) atoms. The van der Waals surface area contributed by atoms with Crippen molar-refractivity contribution in [2.75, 3.05) is 7.11 Å². The van der Waals surface area contributed by atoms with Crippen LogP contribution in [0.5, 0.6) is 0 Å². The summed E-state index contributed by atoms with van der Waals surface area (Å²) in [6.07, 6.45) is 2.25. The summed E-state index contributed by atoms with van der Waals surface area (Å²) in [6, 6.07) is 0. The number of hydrogen-bond acceptors (Lipinski definition) is 2. The van der Waals surface area contributed by atoms with Crippen LogP contribution >= 0.6 is 0 Å². The lowest BCUT2D eigenvalue weighted by Gasteiger charge is -2.64. The van der Waals surface area contributed by atoms with Gasteiger partial charge in [-0.2, -0.15) is 0 Å². The summed E-state index contributed by atoms with van der Waals surface area (Å²) < 4.78 is 5.35. The molecule has 0 aromatic carbocycles. The van der Waals surface area contributed by atoms with Crippen LogP contribution in [0.15, 0.2) is 0 Å². The van der Waals surface area contributed by atoms with Crippen molar-refractivity contribution >= 4 is 0 Å². The maximum Gasteiger partial charge on any atom is 0.0913 e. The number of ether oxygens (including phenoxy) is 1. The lowest BCUT2D eigenvalue weighted by molar-refractivity contribution is -0.251. The van der Waals surface area contributed by atoms with Crippen LogP contribution in [-0.2, 0) is 4.74 Å². The van der Waals surface area contributed by atoms with E-state index in [1.54, 1.807) is 7.11 Å². The quantitative estimate of drug-likeness (QED) is 0.673. The van der Waals surface area contributed by atoms with Gasteiger partial charge in [-0.05, 0) is 37.0 Å². The lowest BCUT2D eigenvalue weighted by atomic mass is 9.43. The molecule has 0 spiro atoms. The van der Waals surface area contributed by atoms with Crippen LogP contribution in [-0.4, -0.2) is 23.9 Å². The molecule has 3 saturated carbocycles. The van der Waals surface area contributed by atoms with E-state index in [0.29, 0.717) is 11.3 Å². The molecular weight excluding hydrogens is 164 g/mol. The van der Waals surface area contributed by atoms with E-state index in [0.717, 1.165) is 12.3 Å². The van der Waals surface area contributed by atoms with Crippen LogP contribution in [0.3, 0.4) is 0 Å². The Morgan fingerprint density at radius 1 is 1.23 bits per heavy atom. The predicted octanol–water partition coefficient (Wildman–Crippen LogP) is 1.82. The number of methoxy groups -OCH3 is 1. The minimum Gasteiger partial charge on any atom is -0.387 e. The van der Waals surface area contributed by atoms with Gasteiger partial charge in [-0.15, -0.1) is 0 Å². The number of fused-ring (bicyclic) bond motifs is 2. The third-order valence-electron chi connectivity index (χ3n) is 4.61. The van der Waals surface area contributed by atoms with Crippen molar-refractivity contribution in [1.82, 2.24) is 0 Å². The molecule has 0 heterocycles. The Morgan fingerprint density at radius 3 is 2.23 bits per heavy atom. The number of rotatable bonds is 1. The zero-order valence-corrected chi connectivity index (χ0v) is 9.00. The highest BCUT2D eigenvalue weighted by Gasteiger charge is 2.62. The molecule has 2 nitrogen and oxygen atoms in total. The van der Waals surface area contributed by atoms with Crippen molar-refractivity contribution in [2.24, 2.45) is 17.3 Å². The van der Waals surface area contributed by atoms with Crippen LogP contribution < -0.4 is 0 Å². The Bertz CT molecular complexity index is 220. The molecule has 3 aliphatic carbocycles. The van der Waals surface area contributed by atoms with E-state index in [1.165, 1.54) is 6.42 Å². The summed E-state index contributed by atoms with van der Waals surface area (Å²) in [4.78, 5) is 0. The topological polar surface area (TPSA) is 29.5 Å². The van der Waals surface area contributed by atoms with E-state index in [9.17, 15) is 5.11 Å². The van der Waals surface area contributed by atoms with Gasteiger partial charge in [-0.3, -0.25) is 0 Å². The van der Waals surface area contributed by atoms with E-state index in [-0.39, 0.29) is 6.10 Å². The van der Waals surface area contributed by atoms with Gasteiger partial charge >= 0.3 is 0 Å². The minimum atomic E-state index is -0.618. The van der Waals surface area contributed by atoms with Crippen molar-refractivity contribution in [1.29, 1.82) is 0 Å². The van der Waals surface area contributed by atoms with E-state index < -0.39 is 5.60 Å². The molecule has 3 unspecified atom stereocenters. The van der Waals surface area contributed by atoms with Crippen molar-refractivity contribution in [3.8, 4) is 0 Å². The molecule has 3 aliphatic rings. The molecule has 3 rings (SSSR count). The Kier molecular flexibility index (Phi) is 1.81. The van der Waals surface area contributed by atoms with Crippen LogP contribution in [0.4, 0.5) is 0 Å². The van der Waals surface area contributed by atoms with Crippen molar-refractivity contribution in [3.63, 3.8) is 0 Å². The van der Waals surface area contributed by atoms with Crippen LogP contribution in [0.25, 0.3) is 0 Å². The average molecular weight is 184 g/mol. The maximum atomic E-state index is 10.4. The zero-order valence-electron chi connectivity index (χ0n) is 9.00. The SMILES string of the molecule is COC1CC2CC(C2(C)C)[C@]1(C)O. The van der Waals surface area contributed by atoms with Gasteiger partial charge in [0.2, 0.25) is 0 Å². The van der Waals surface area contributed by atoms with Gasteiger partial charge in [0.05, 0.1) is 11.7 Å². The maximum absolute atomic E-state index is 10.4. The zero-order chi connectivity index (χ0) is 9.85. The molecule has 0 aromatic rings. The van der Waals surface area contributed by atoms with E-state index in [1.807, 2.05) is 6.92 Å². The molecule has 1 N–H and O–H groups in total. The minimum absolute atomic E-state index is 0.0456. The monoisotopic (exact) mass is 184 g/mol. The molecule has 2 bridgehead atoms. The van der Waals surface area contributed by atoms with Crippen LogP contribution in [0.1, 0.15) is 33.6 Å². The summed E-state index contributed by atoms with van der Waals surface area (Å²) >= 11 is 0. The first-order valence-electron chi connectivity index (χ1n) is 5.16. The lowest BCUT2D eigenvalue weighted by Crippen LogP contribution is -2.66. The van der Waals surface area contributed by atoms with Gasteiger partial charge in [0.15, 0.2) is 0 Å². The third-order valence-corrected chi connectivity index (χ3v) is 4.61. The molecule has 0 aromatic heterocycles. The van der Waals surface area contributed by atoms with Crippen LogP contribution in [0, 0.1) is 17.3 Å². The summed E-state index contributed by atoms with van der Waals surface area (Å²) in [5.74, 6) is 1.17. The summed E-state index contributed by atoms with van der Waals surface area (Å²) in [5.41, 5.74) is -0.300. The second kappa shape index (κ2) is 2.48. The predicted molar refractivity (Wildman–Crippen MR) is 51.4 cm³/mol. The first-order chi connectivity index (χ1) is 5.90. The molecule has 3 fully saturated rings. The normalized spacial score (nSPS) is 52.8. The molecule has 0 radical (unpaired) electrons. The van der Waals surface area contributed by atoms with Gasteiger partial charge in [-0.25, -0.2) is 0 Å². The Morgan fingerprint density at radius 2 is 1.85 bits per heavy atom. The van der Waals surface area contributed by atoms with E-state index in [4.69, 9.17) is 4.74 Å². The fourth-order valence-electron chi connectivity index (χ4n) is 3.46.